The molecule has 0 saturated carbocycles. The van der Waals surface area contributed by atoms with E-state index in [4.69, 9.17) is 10.8 Å². The van der Waals surface area contributed by atoms with E-state index in [1.807, 2.05) is 0 Å². The minimum atomic E-state index is -1.31. The molecular formula is C9H7N3O3. The number of nitrogens with zero attached hydrogens (tertiary/aromatic N) is 2. The van der Waals surface area contributed by atoms with Crippen molar-refractivity contribution in [3.63, 3.8) is 0 Å². The van der Waals surface area contributed by atoms with E-state index < -0.39 is 17.1 Å². The van der Waals surface area contributed by atoms with Crippen molar-refractivity contribution in [1.29, 1.82) is 0 Å². The normalized spacial score (nSPS) is 10.4. The maximum absolute atomic E-state index is 11.7. The highest BCUT2D eigenvalue weighted by atomic mass is 16.4. The number of hydrogen-bond acceptors (Lipinski definition) is 4. The SMILES string of the molecule is Nc1cccc2ncc(C(=O)O)c(=O)n12. The molecule has 0 bridgehead atoms. The number of aromatic carboxylic acids is 1. The molecule has 0 radical (unpaired) electrons. The van der Waals surface area contributed by atoms with Gasteiger partial charge < -0.3 is 10.8 Å². The fourth-order valence-electron chi connectivity index (χ4n) is 1.29. The Labute approximate surface area is 83.6 Å². The van der Waals surface area contributed by atoms with Crippen LogP contribution in [-0.2, 0) is 0 Å². The van der Waals surface area contributed by atoms with Crippen LogP contribution in [0.1, 0.15) is 10.4 Å². The monoisotopic (exact) mass is 205 g/mol. The summed E-state index contributed by atoms with van der Waals surface area (Å²) in [6, 6.07) is 4.71. The van der Waals surface area contributed by atoms with Crippen molar-refractivity contribution < 1.29 is 9.90 Å². The highest BCUT2D eigenvalue weighted by Gasteiger charge is 2.12. The summed E-state index contributed by atoms with van der Waals surface area (Å²) in [5.41, 5.74) is 4.81. The van der Waals surface area contributed by atoms with Crippen molar-refractivity contribution in [2.75, 3.05) is 5.73 Å². The molecule has 2 rings (SSSR count). The van der Waals surface area contributed by atoms with E-state index in [1.54, 1.807) is 12.1 Å². The number of nitrogens with two attached hydrogens (primary N) is 1. The number of anilines is 1. The maximum atomic E-state index is 11.7. The summed E-state index contributed by atoms with van der Waals surface area (Å²) in [7, 11) is 0. The van der Waals surface area contributed by atoms with Gasteiger partial charge in [-0.15, -0.1) is 0 Å². The quantitative estimate of drug-likeness (QED) is 0.681. The lowest BCUT2D eigenvalue weighted by Crippen LogP contribution is -2.24. The molecule has 6 heteroatoms. The van der Waals surface area contributed by atoms with Gasteiger partial charge in [0.25, 0.3) is 5.56 Å². The lowest BCUT2D eigenvalue weighted by atomic mass is 10.3. The summed E-state index contributed by atoms with van der Waals surface area (Å²) in [4.78, 5) is 26.2. The van der Waals surface area contributed by atoms with Gasteiger partial charge in [0.2, 0.25) is 0 Å². The lowest BCUT2D eigenvalue weighted by molar-refractivity contribution is 0.0694. The Kier molecular flexibility index (Phi) is 1.89. The van der Waals surface area contributed by atoms with E-state index in [-0.39, 0.29) is 5.82 Å². The van der Waals surface area contributed by atoms with Gasteiger partial charge in [-0.25, -0.2) is 14.2 Å². The summed E-state index contributed by atoms with van der Waals surface area (Å²) in [5.74, 6) is -1.15. The zero-order chi connectivity index (χ0) is 11.0. The van der Waals surface area contributed by atoms with Crippen molar-refractivity contribution in [3.8, 4) is 0 Å². The van der Waals surface area contributed by atoms with E-state index in [0.29, 0.717) is 5.65 Å². The predicted octanol–water partition coefficient (Wildman–Crippen LogP) is -0.0251. The van der Waals surface area contributed by atoms with Gasteiger partial charge >= 0.3 is 5.97 Å². The Balaban J connectivity index is 2.96. The van der Waals surface area contributed by atoms with Crippen LogP contribution in [0.3, 0.4) is 0 Å². The van der Waals surface area contributed by atoms with Crippen molar-refractivity contribution in [1.82, 2.24) is 9.38 Å². The zero-order valence-electron chi connectivity index (χ0n) is 7.54. The Morgan fingerprint density at radius 1 is 1.47 bits per heavy atom. The van der Waals surface area contributed by atoms with Crippen LogP contribution in [0.25, 0.3) is 5.65 Å². The lowest BCUT2D eigenvalue weighted by Gasteiger charge is -2.03. The first-order valence-corrected chi connectivity index (χ1v) is 4.11. The molecular weight excluding hydrogens is 198 g/mol. The molecule has 0 saturated heterocycles. The van der Waals surface area contributed by atoms with Crippen LogP contribution in [0.15, 0.2) is 29.2 Å². The fourth-order valence-corrected chi connectivity index (χ4v) is 1.29. The Bertz CT molecular complexity index is 603. The first kappa shape index (κ1) is 9.20. The van der Waals surface area contributed by atoms with Crippen molar-refractivity contribution in [2.45, 2.75) is 0 Å². The largest absolute Gasteiger partial charge is 0.477 e. The van der Waals surface area contributed by atoms with Crippen LogP contribution in [0.5, 0.6) is 0 Å². The fraction of sp³-hybridized carbons (Fsp3) is 0. The van der Waals surface area contributed by atoms with E-state index in [1.165, 1.54) is 6.07 Å². The molecule has 0 aliphatic carbocycles. The van der Waals surface area contributed by atoms with Gasteiger partial charge in [-0.2, -0.15) is 0 Å². The zero-order valence-corrected chi connectivity index (χ0v) is 7.54. The number of pyridine rings is 1. The summed E-state index contributed by atoms with van der Waals surface area (Å²) in [6.45, 7) is 0. The molecule has 2 aromatic heterocycles. The topological polar surface area (TPSA) is 97.7 Å². The van der Waals surface area contributed by atoms with Crippen LogP contribution >= 0.6 is 0 Å². The minimum absolute atomic E-state index is 0.160. The summed E-state index contributed by atoms with van der Waals surface area (Å²) in [6.07, 6.45) is 1.03. The number of rotatable bonds is 1. The third-order valence-electron chi connectivity index (χ3n) is 1.99. The first-order chi connectivity index (χ1) is 7.11. The molecule has 15 heavy (non-hydrogen) atoms. The van der Waals surface area contributed by atoms with Gasteiger partial charge in [-0.1, -0.05) is 6.07 Å². The van der Waals surface area contributed by atoms with Crippen molar-refractivity contribution in [3.05, 3.63) is 40.3 Å². The van der Waals surface area contributed by atoms with Crippen molar-refractivity contribution >= 4 is 17.4 Å². The number of hydrogen-bond donors (Lipinski definition) is 2. The second kappa shape index (κ2) is 3.09. The van der Waals surface area contributed by atoms with Crippen LogP contribution in [-0.4, -0.2) is 20.5 Å². The van der Waals surface area contributed by atoms with Gasteiger partial charge in [0.15, 0.2) is 0 Å². The van der Waals surface area contributed by atoms with Crippen molar-refractivity contribution in [2.24, 2.45) is 0 Å². The highest BCUT2D eigenvalue weighted by molar-refractivity contribution is 5.87. The number of aromatic nitrogens is 2. The van der Waals surface area contributed by atoms with Crippen LogP contribution in [0.2, 0.25) is 0 Å². The van der Waals surface area contributed by atoms with Gasteiger partial charge in [0, 0.05) is 6.20 Å². The Morgan fingerprint density at radius 3 is 2.87 bits per heavy atom. The molecule has 0 aliphatic rings. The molecule has 0 fully saturated rings. The number of nitrogen functional groups attached to an aromatic ring is 1. The molecule has 3 N–H and O–H groups in total. The van der Waals surface area contributed by atoms with Gasteiger partial charge in [-0.05, 0) is 12.1 Å². The average Bonchev–Trinajstić information content (AvgIpc) is 2.17. The molecule has 0 amide bonds. The van der Waals surface area contributed by atoms with E-state index in [2.05, 4.69) is 4.98 Å². The molecule has 0 spiro atoms. The predicted molar refractivity (Wildman–Crippen MR) is 52.8 cm³/mol. The summed E-state index contributed by atoms with van der Waals surface area (Å²) < 4.78 is 1.06. The third kappa shape index (κ3) is 1.32. The second-order valence-electron chi connectivity index (χ2n) is 2.93. The Hall–Kier alpha value is -2.37. The average molecular weight is 205 g/mol. The number of fused-ring (bicyclic) bond motifs is 1. The highest BCUT2D eigenvalue weighted by Crippen LogP contribution is 2.04. The maximum Gasteiger partial charge on any atom is 0.342 e. The standard InChI is InChI=1S/C9H7N3O3/c10-6-2-1-3-7-11-4-5(9(14)15)8(13)12(6)7/h1-4H,10H2,(H,14,15). The number of carbonyl (C=O) groups is 1. The molecule has 0 unspecified atom stereocenters. The van der Waals surface area contributed by atoms with Crippen LogP contribution in [0.4, 0.5) is 5.82 Å². The van der Waals surface area contributed by atoms with Crippen LogP contribution in [0, 0.1) is 0 Å². The smallest absolute Gasteiger partial charge is 0.342 e. The number of carboxylic acid groups (broad SMARTS) is 1. The molecule has 0 aliphatic heterocycles. The van der Waals surface area contributed by atoms with Gasteiger partial charge in [0.05, 0.1) is 0 Å². The second-order valence-corrected chi connectivity index (χ2v) is 2.93. The van der Waals surface area contributed by atoms with Crippen LogP contribution < -0.4 is 11.3 Å². The molecule has 0 atom stereocenters. The van der Waals surface area contributed by atoms with E-state index in [0.717, 1.165) is 10.6 Å². The van der Waals surface area contributed by atoms with Gasteiger partial charge in [0.1, 0.15) is 17.0 Å². The Morgan fingerprint density at radius 2 is 2.20 bits per heavy atom. The molecule has 6 nitrogen and oxygen atoms in total. The molecule has 0 aromatic carbocycles. The van der Waals surface area contributed by atoms with E-state index in [9.17, 15) is 9.59 Å². The summed E-state index contributed by atoms with van der Waals surface area (Å²) in [5, 5.41) is 8.72. The first-order valence-electron chi connectivity index (χ1n) is 4.11. The molecule has 2 aromatic rings. The third-order valence-corrected chi connectivity index (χ3v) is 1.99. The van der Waals surface area contributed by atoms with Gasteiger partial charge in [-0.3, -0.25) is 4.79 Å². The molecule has 2 heterocycles. The van der Waals surface area contributed by atoms with E-state index >= 15 is 0 Å². The number of carboxylic acids is 1. The molecule has 76 valence electrons. The minimum Gasteiger partial charge on any atom is -0.477 e. The summed E-state index contributed by atoms with van der Waals surface area (Å²) >= 11 is 0.